The first-order chi connectivity index (χ1) is 12.1. The van der Waals surface area contributed by atoms with E-state index in [9.17, 15) is 4.79 Å². The summed E-state index contributed by atoms with van der Waals surface area (Å²) in [5, 5.41) is 6.40. The van der Waals surface area contributed by atoms with Crippen LogP contribution in [0.25, 0.3) is 0 Å². The Morgan fingerprint density at radius 3 is 2.68 bits per heavy atom. The fraction of sp³-hybridized carbons (Fsp3) is 0.700. The SMILES string of the molecule is CC1CCCC(NCC(=O)Nc2ccc(N3CCCCC3)nc2)C1C. The molecule has 2 N–H and O–H groups in total. The van der Waals surface area contributed by atoms with Gasteiger partial charge in [-0.15, -0.1) is 0 Å². The minimum Gasteiger partial charge on any atom is -0.357 e. The highest BCUT2D eigenvalue weighted by Gasteiger charge is 2.26. The lowest BCUT2D eigenvalue weighted by atomic mass is 9.78. The van der Waals surface area contributed by atoms with Gasteiger partial charge >= 0.3 is 0 Å². The molecule has 3 unspecified atom stereocenters. The molecule has 5 heteroatoms. The Kier molecular flexibility index (Phi) is 6.29. The van der Waals surface area contributed by atoms with Crippen LogP contribution in [0.1, 0.15) is 52.4 Å². The highest BCUT2D eigenvalue weighted by atomic mass is 16.1. The van der Waals surface area contributed by atoms with E-state index in [1.807, 2.05) is 12.1 Å². The Morgan fingerprint density at radius 1 is 1.16 bits per heavy atom. The van der Waals surface area contributed by atoms with Crippen molar-refractivity contribution in [2.45, 2.75) is 58.4 Å². The van der Waals surface area contributed by atoms with Crippen molar-refractivity contribution in [3.8, 4) is 0 Å². The van der Waals surface area contributed by atoms with E-state index in [1.165, 1.54) is 38.5 Å². The maximum absolute atomic E-state index is 12.2. The third-order valence-corrected chi connectivity index (χ3v) is 5.94. The molecular formula is C20H32N4O. The molecule has 0 spiro atoms. The number of carbonyl (C=O) groups is 1. The molecule has 1 amide bonds. The molecule has 1 saturated carbocycles. The molecule has 1 saturated heterocycles. The Labute approximate surface area is 151 Å². The van der Waals surface area contributed by atoms with Gasteiger partial charge in [-0.2, -0.15) is 0 Å². The average Bonchev–Trinajstić information content (AvgIpc) is 2.64. The predicted octanol–water partition coefficient (Wildman–Crippen LogP) is 3.42. The zero-order chi connectivity index (χ0) is 17.6. The molecule has 1 aromatic heterocycles. The molecule has 0 bridgehead atoms. The maximum Gasteiger partial charge on any atom is 0.238 e. The highest BCUT2D eigenvalue weighted by molar-refractivity contribution is 5.92. The first kappa shape index (κ1) is 18.2. The molecule has 1 aliphatic heterocycles. The second-order valence-electron chi connectivity index (χ2n) is 7.76. The summed E-state index contributed by atoms with van der Waals surface area (Å²) in [4.78, 5) is 19.1. The summed E-state index contributed by atoms with van der Waals surface area (Å²) in [6.07, 6.45) is 9.30. The highest BCUT2D eigenvalue weighted by Crippen LogP contribution is 2.29. The second kappa shape index (κ2) is 8.65. The van der Waals surface area contributed by atoms with Crippen LogP contribution in [0.3, 0.4) is 0 Å². The zero-order valence-electron chi connectivity index (χ0n) is 15.6. The monoisotopic (exact) mass is 344 g/mol. The molecule has 2 heterocycles. The lowest BCUT2D eigenvalue weighted by Gasteiger charge is -2.34. The van der Waals surface area contributed by atoms with Gasteiger partial charge in [0.1, 0.15) is 5.82 Å². The van der Waals surface area contributed by atoms with Crippen molar-refractivity contribution in [2.24, 2.45) is 11.8 Å². The summed E-state index contributed by atoms with van der Waals surface area (Å²) in [7, 11) is 0. The van der Waals surface area contributed by atoms with Crippen molar-refractivity contribution in [3.63, 3.8) is 0 Å². The lowest BCUT2D eigenvalue weighted by Crippen LogP contribution is -2.43. The van der Waals surface area contributed by atoms with Crippen LogP contribution in [-0.2, 0) is 4.79 Å². The summed E-state index contributed by atoms with van der Waals surface area (Å²) in [6.45, 7) is 7.15. The van der Waals surface area contributed by atoms with Gasteiger partial charge < -0.3 is 15.5 Å². The number of hydrogen-bond acceptors (Lipinski definition) is 4. The summed E-state index contributed by atoms with van der Waals surface area (Å²) in [5.74, 6) is 2.40. The first-order valence-electron chi connectivity index (χ1n) is 9.87. The van der Waals surface area contributed by atoms with E-state index < -0.39 is 0 Å². The number of nitrogens with one attached hydrogen (secondary N) is 2. The van der Waals surface area contributed by atoms with Gasteiger partial charge in [0.2, 0.25) is 5.91 Å². The van der Waals surface area contributed by atoms with Gasteiger partial charge in [0.05, 0.1) is 18.4 Å². The molecule has 2 fully saturated rings. The largest absolute Gasteiger partial charge is 0.357 e. The third-order valence-electron chi connectivity index (χ3n) is 5.94. The van der Waals surface area contributed by atoms with Gasteiger partial charge in [0.15, 0.2) is 0 Å². The molecule has 1 aromatic rings. The molecule has 138 valence electrons. The van der Waals surface area contributed by atoms with Crippen LogP contribution >= 0.6 is 0 Å². The van der Waals surface area contributed by atoms with Crippen molar-refractivity contribution in [1.82, 2.24) is 10.3 Å². The molecule has 3 rings (SSSR count). The Balaban J connectivity index is 1.46. The first-order valence-corrected chi connectivity index (χ1v) is 9.87. The van der Waals surface area contributed by atoms with Crippen LogP contribution < -0.4 is 15.5 Å². The van der Waals surface area contributed by atoms with Gasteiger partial charge in [-0.3, -0.25) is 4.79 Å². The van der Waals surface area contributed by atoms with Gasteiger partial charge in [0, 0.05) is 19.1 Å². The van der Waals surface area contributed by atoms with E-state index in [0.717, 1.165) is 30.5 Å². The fourth-order valence-corrected chi connectivity index (χ4v) is 4.07. The number of piperidine rings is 1. The Hall–Kier alpha value is -1.62. The summed E-state index contributed by atoms with van der Waals surface area (Å²) < 4.78 is 0. The van der Waals surface area contributed by atoms with Crippen molar-refractivity contribution >= 4 is 17.4 Å². The molecule has 2 aliphatic rings. The summed E-state index contributed by atoms with van der Waals surface area (Å²) in [5.41, 5.74) is 0.776. The van der Waals surface area contributed by atoms with Crippen molar-refractivity contribution in [2.75, 3.05) is 29.9 Å². The topological polar surface area (TPSA) is 57.3 Å². The minimum absolute atomic E-state index is 0.0120. The van der Waals surface area contributed by atoms with Gasteiger partial charge in [-0.05, 0) is 49.7 Å². The van der Waals surface area contributed by atoms with Crippen LogP contribution in [0.15, 0.2) is 18.3 Å². The van der Waals surface area contributed by atoms with Crippen LogP contribution in [0.2, 0.25) is 0 Å². The van der Waals surface area contributed by atoms with Crippen LogP contribution in [-0.4, -0.2) is 36.6 Å². The van der Waals surface area contributed by atoms with Gasteiger partial charge in [0.25, 0.3) is 0 Å². The quantitative estimate of drug-likeness (QED) is 0.859. The molecule has 0 aromatic carbocycles. The molecule has 5 nitrogen and oxygen atoms in total. The maximum atomic E-state index is 12.2. The van der Waals surface area contributed by atoms with Crippen molar-refractivity contribution in [3.05, 3.63) is 18.3 Å². The number of nitrogens with zero attached hydrogens (tertiary/aromatic N) is 2. The molecule has 3 atom stereocenters. The molecular weight excluding hydrogens is 312 g/mol. The van der Waals surface area contributed by atoms with E-state index in [0.29, 0.717) is 18.5 Å². The van der Waals surface area contributed by atoms with Crippen LogP contribution in [0, 0.1) is 11.8 Å². The molecule has 0 radical (unpaired) electrons. The summed E-state index contributed by atoms with van der Waals surface area (Å²) >= 11 is 0. The lowest BCUT2D eigenvalue weighted by molar-refractivity contribution is -0.115. The smallest absolute Gasteiger partial charge is 0.238 e. The number of amides is 1. The normalized spacial score (nSPS) is 27.1. The van der Waals surface area contributed by atoms with Crippen LogP contribution in [0.5, 0.6) is 0 Å². The number of rotatable bonds is 5. The zero-order valence-corrected chi connectivity index (χ0v) is 15.6. The van der Waals surface area contributed by atoms with E-state index in [1.54, 1.807) is 6.20 Å². The fourth-order valence-electron chi connectivity index (χ4n) is 4.07. The average molecular weight is 345 g/mol. The number of carbonyl (C=O) groups excluding carboxylic acids is 1. The molecule has 1 aliphatic carbocycles. The number of hydrogen-bond donors (Lipinski definition) is 2. The van der Waals surface area contributed by atoms with Crippen molar-refractivity contribution < 1.29 is 4.79 Å². The second-order valence-corrected chi connectivity index (χ2v) is 7.76. The van der Waals surface area contributed by atoms with E-state index in [2.05, 4.69) is 34.4 Å². The van der Waals surface area contributed by atoms with Gasteiger partial charge in [-0.1, -0.05) is 26.7 Å². The Morgan fingerprint density at radius 2 is 1.96 bits per heavy atom. The Bertz CT molecular complexity index is 553. The number of pyridine rings is 1. The standard InChI is InChI=1S/C20H32N4O/c1-15-7-6-8-18(16(15)2)21-14-20(25)23-17-9-10-19(22-13-17)24-11-4-3-5-12-24/h9-10,13,15-16,18,21H,3-8,11-12,14H2,1-2H3,(H,23,25). The van der Waals surface area contributed by atoms with E-state index >= 15 is 0 Å². The van der Waals surface area contributed by atoms with E-state index in [-0.39, 0.29) is 5.91 Å². The number of anilines is 2. The summed E-state index contributed by atoms with van der Waals surface area (Å²) in [6, 6.07) is 4.42. The van der Waals surface area contributed by atoms with E-state index in [4.69, 9.17) is 0 Å². The minimum atomic E-state index is 0.0120. The van der Waals surface area contributed by atoms with Crippen molar-refractivity contribution in [1.29, 1.82) is 0 Å². The predicted molar refractivity (Wildman–Crippen MR) is 103 cm³/mol. The molecule has 25 heavy (non-hydrogen) atoms. The van der Waals surface area contributed by atoms with Crippen LogP contribution in [0.4, 0.5) is 11.5 Å². The van der Waals surface area contributed by atoms with Gasteiger partial charge in [-0.25, -0.2) is 4.98 Å². The number of aromatic nitrogens is 1. The third kappa shape index (κ3) is 4.94.